The third-order valence-corrected chi connectivity index (χ3v) is 3.80. The summed E-state index contributed by atoms with van der Waals surface area (Å²) in [6, 6.07) is 4.88. The molecule has 0 spiro atoms. The fraction of sp³-hybridized carbons (Fsp3) is 0.308. The summed E-state index contributed by atoms with van der Waals surface area (Å²) in [5.41, 5.74) is 0.300. The molecule has 2 aromatic rings. The fourth-order valence-electron chi connectivity index (χ4n) is 1.82. The zero-order chi connectivity index (χ0) is 14.7. The lowest BCUT2D eigenvalue weighted by Gasteiger charge is -2.11. The molecule has 106 valence electrons. The molecule has 1 aromatic heterocycles. The number of fused-ring (bicyclic) bond motifs is 1. The molecule has 1 heterocycles. The lowest BCUT2D eigenvalue weighted by atomic mass is 10.2. The van der Waals surface area contributed by atoms with E-state index in [1.807, 2.05) is 6.92 Å². The highest BCUT2D eigenvalue weighted by atomic mass is 35.5. The van der Waals surface area contributed by atoms with Crippen molar-refractivity contribution in [3.05, 3.63) is 33.6 Å². The van der Waals surface area contributed by atoms with Gasteiger partial charge in [-0.15, -0.1) is 0 Å². The summed E-state index contributed by atoms with van der Waals surface area (Å²) in [5.74, 6) is -0.202. The van der Waals surface area contributed by atoms with Gasteiger partial charge in [0.25, 0.3) is 5.56 Å². The van der Waals surface area contributed by atoms with Crippen molar-refractivity contribution >= 4 is 40.2 Å². The van der Waals surface area contributed by atoms with Gasteiger partial charge in [-0.3, -0.25) is 14.2 Å². The third-order valence-electron chi connectivity index (χ3n) is 2.71. The maximum atomic E-state index is 12.4. The van der Waals surface area contributed by atoms with Crippen LogP contribution in [0.3, 0.4) is 0 Å². The van der Waals surface area contributed by atoms with Gasteiger partial charge in [-0.25, -0.2) is 4.98 Å². The van der Waals surface area contributed by atoms with Gasteiger partial charge in [-0.1, -0.05) is 30.3 Å². The Hall–Kier alpha value is -1.53. The van der Waals surface area contributed by atoms with E-state index in [1.165, 1.54) is 16.3 Å². The molecule has 0 bridgehead atoms. The second-order valence-electron chi connectivity index (χ2n) is 4.09. The molecule has 0 atom stereocenters. The van der Waals surface area contributed by atoms with E-state index in [4.69, 9.17) is 16.7 Å². The number of halogens is 1. The van der Waals surface area contributed by atoms with Gasteiger partial charge in [-0.05, 0) is 24.0 Å². The lowest BCUT2D eigenvalue weighted by molar-refractivity contribution is -0.137. The Bertz CT molecular complexity index is 715. The molecular formula is C13H13ClN2O3S. The minimum absolute atomic E-state index is 0.113. The molecule has 7 heteroatoms. The molecule has 1 aromatic carbocycles. The van der Waals surface area contributed by atoms with Gasteiger partial charge in [0.1, 0.15) is 0 Å². The molecule has 0 aliphatic carbocycles. The first-order valence-corrected chi connectivity index (χ1v) is 7.44. The van der Waals surface area contributed by atoms with Gasteiger partial charge in [0.2, 0.25) is 0 Å². The van der Waals surface area contributed by atoms with E-state index in [1.54, 1.807) is 18.2 Å². The van der Waals surface area contributed by atoms with Crippen LogP contribution in [0.1, 0.15) is 13.3 Å². The number of hydrogen-bond acceptors (Lipinski definition) is 4. The fourth-order valence-corrected chi connectivity index (χ4v) is 2.74. The summed E-state index contributed by atoms with van der Waals surface area (Å²) in [6.07, 6.45) is -0.113. The number of rotatable bonds is 5. The topological polar surface area (TPSA) is 72.2 Å². The van der Waals surface area contributed by atoms with Gasteiger partial charge in [-0.2, -0.15) is 0 Å². The zero-order valence-corrected chi connectivity index (χ0v) is 12.4. The van der Waals surface area contributed by atoms with E-state index in [0.717, 1.165) is 5.75 Å². The Kier molecular flexibility index (Phi) is 4.67. The highest BCUT2D eigenvalue weighted by Crippen LogP contribution is 2.20. The van der Waals surface area contributed by atoms with Gasteiger partial charge >= 0.3 is 5.97 Å². The Balaban J connectivity index is 2.60. The van der Waals surface area contributed by atoms with E-state index in [0.29, 0.717) is 21.1 Å². The number of carboxylic acids is 1. The van der Waals surface area contributed by atoms with Crippen molar-refractivity contribution < 1.29 is 9.90 Å². The lowest BCUT2D eigenvalue weighted by Crippen LogP contribution is -2.24. The molecule has 0 unspecified atom stereocenters. The molecular weight excluding hydrogens is 300 g/mol. The Morgan fingerprint density at radius 3 is 2.90 bits per heavy atom. The van der Waals surface area contributed by atoms with Crippen LogP contribution in [0.25, 0.3) is 10.9 Å². The molecule has 0 fully saturated rings. The number of hydrogen-bond donors (Lipinski definition) is 1. The van der Waals surface area contributed by atoms with E-state index in [9.17, 15) is 9.59 Å². The number of thioether (sulfide) groups is 1. The van der Waals surface area contributed by atoms with Crippen molar-refractivity contribution in [2.75, 3.05) is 5.75 Å². The SMILES string of the molecule is CCSc1nc2cc(Cl)ccc2c(=O)n1CCC(=O)O. The number of aliphatic carboxylic acids is 1. The van der Waals surface area contributed by atoms with Crippen LogP contribution in [0, 0.1) is 0 Å². The minimum atomic E-state index is -0.944. The summed E-state index contributed by atoms with van der Waals surface area (Å²) < 4.78 is 1.42. The predicted molar refractivity (Wildman–Crippen MR) is 79.7 cm³/mol. The number of nitrogens with zero attached hydrogens (tertiary/aromatic N) is 2. The maximum Gasteiger partial charge on any atom is 0.305 e. The first-order chi connectivity index (χ1) is 9.52. The summed E-state index contributed by atoms with van der Waals surface area (Å²) >= 11 is 7.31. The van der Waals surface area contributed by atoms with Gasteiger partial charge in [0, 0.05) is 11.6 Å². The summed E-state index contributed by atoms with van der Waals surface area (Å²) in [5, 5.41) is 10.3. The average Bonchev–Trinajstić information content (AvgIpc) is 2.38. The smallest absolute Gasteiger partial charge is 0.305 e. The van der Waals surface area contributed by atoms with Crippen LogP contribution in [0.15, 0.2) is 28.2 Å². The molecule has 0 radical (unpaired) electrons. The molecule has 0 aliphatic rings. The summed E-state index contributed by atoms with van der Waals surface area (Å²) in [6.45, 7) is 2.06. The standard InChI is InChI=1S/C13H13ClN2O3S/c1-2-20-13-15-10-7-8(14)3-4-9(10)12(19)16(13)6-5-11(17)18/h3-4,7H,2,5-6H2,1H3,(H,17,18). The van der Waals surface area contributed by atoms with Gasteiger partial charge in [0.05, 0.1) is 17.3 Å². The Morgan fingerprint density at radius 1 is 1.50 bits per heavy atom. The van der Waals surface area contributed by atoms with E-state index >= 15 is 0 Å². The van der Waals surface area contributed by atoms with Crippen molar-refractivity contribution in [3.63, 3.8) is 0 Å². The first-order valence-electron chi connectivity index (χ1n) is 6.07. The Morgan fingerprint density at radius 2 is 2.25 bits per heavy atom. The molecule has 5 nitrogen and oxygen atoms in total. The van der Waals surface area contributed by atoms with Crippen LogP contribution in [0.4, 0.5) is 0 Å². The summed E-state index contributed by atoms with van der Waals surface area (Å²) in [4.78, 5) is 27.5. The minimum Gasteiger partial charge on any atom is -0.481 e. The normalized spacial score (nSPS) is 10.9. The quantitative estimate of drug-likeness (QED) is 0.679. The van der Waals surface area contributed by atoms with E-state index in [2.05, 4.69) is 4.98 Å². The number of carbonyl (C=O) groups is 1. The molecule has 2 rings (SSSR count). The molecule has 0 aliphatic heterocycles. The molecule has 0 saturated carbocycles. The largest absolute Gasteiger partial charge is 0.481 e. The van der Waals surface area contributed by atoms with E-state index in [-0.39, 0.29) is 18.5 Å². The summed E-state index contributed by atoms with van der Waals surface area (Å²) in [7, 11) is 0. The van der Waals surface area contributed by atoms with Crippen molar-refractivity contribution in [2.24, 2.45) is 0 Å². The second-order valence-corrected chi connectivity index (χ2v) is 5.76. The highest BCUT2D eigenvalue weighted by molar-refractivity contribution is 7.99. The molecule has 1 N–H and O–H groups in total. The number of benzene rings is 1. The van der Waals surface area contributed by atoms with Crippen molar-refractivity contribution in [3.8, 4) is 0 Å². The molecule has 0 saturated heterocycles. The zero-order valence-electron chi connectivity index (χ0n) is 10.8. The van der Waals surface area contributed by atoms with Crippen LogP contribution in [-0.4, -0.2) is 26.4 Å². The Labute approximate surface area is 124 Å². The predicted octanol–water partition coefficient (Wildman–Crippen LogP) is 2.64. The number of carboxylic acid groups (broad SMARTS) is 1. The first kappa shape index (κ1) is 14.9. The monoisotopic (exact) mass is 312 g/mol. The van der Waals surface area contributed by atoms with Crippen molar-refractivity contribution in [1.29, 1.82) is 0 Å². The van der Waals surface area contributed by atoms with Crippen LogP contribution < -0.4 is 5.56 Å². The van der Waals surface area contributed by atoms with E-state index < -0.39 is 5.97 Å². The van der Waals surface area contributed by atoms with Crippen LogP contribution in [0.5, 0.6) is 0 Å². The maximum absolute atomic E-state index is 12.4. The van der Waals surface area contributed by atoms with Crippen molar-refractivity contribution in [1.82, 2.24) is 9.55 Å². The average molecular weight is 313 g/mol. The van der Waals surface area contributed by atoms with Gasteiger partial charge < -0.3 is 5.11 Å². The molecule has 0 amide bonds. The van der Waals surface area contributed by atoms with Crippen LogP contribution in [-0.2, 0) is 11.3 Å². The van der Waals surface area contributed by atoms with Crippen molar-refractivity contribution in [2.45, 2.75) is 25.0 Å². The van der Waals surface area contributed by atoms with Gasteiger partial charge in [0.15, 0.2) is 5.16 Å². The van der Waals surface area contributed by atoms with Crippen LogP contribution >= 0.6 is 23.4 Å². The number of aromatic nitrogens is 2. The third kappa shape index (κ3) is 3.13. The second kappa shape index (κ2) is 6.28. The van der Waals surface area contributed by atoms with Crippen LogP contribution in [0.2, 0.25) is 5.02 Å². The highest BCUT2D eigenvalue weighted by Gasteiger charge is 2.12. The molecule has 20 heavy (non-hydrogen) atoms.